The van der Waals surface area contributed by atoms with Crippen LogP contribution in [0.4, 0.5) is 0 Å². The average molecular weight is 291 g/mol. The lowest BCUT2D eigenvalue weighted by Crippen LogP contribution is -2.33. The van der Waals surface area contributed by atoms with Gasteiger partial charge in [-0.05, 0) is 40.2 Å². The van der Waals surface area contributed by atoms with Crippen LogP contribution >= 0.6 is 0 Å². The Hall–Kier alpha value is -2.08. The summed E-state index contributed by atoms with van der Waals surface area (Å²) in [4.78, 5) is 12.3. The van der Waals surface area contributed by atoms with Crippen molar-refractivity contribution >= 4 is 5.91 Å². The molecule has 2 N–H and O–H groups in total. The van der Waals surface area contributed by atoms with Gasteiger partial charge in [-0.25, -0.2) is 0 Å². The molecular formula is C15H21N3O3. The monoisotopic (exact) mass is 291 g/mol. The van der Waals surface area contributed by atoms with Crippen molar-refractivity contribution in [3.63, 3.8) is 0 Å². The Morgan fingerprint density at radius 2 is 2.14 bits per heavy atom. The molecule has 0 radical (unpaired) electrons. The smallest absolute Gasteiger partial charge is 0.253 e. The van der Waals surface area contributed by atoms with E-state index in [0.717, 1.165) is 17.1 Å². The lowest BCUT2D eigenvalue weighted by molar-refractivity contribution is 0.0934. The Kier molecular flexibility index (Phi) is 4.47. The molecule has 6 nitrogen and oxygen atoms in total. The molecule has 2 aromatic rings. The van der Waals surface area contributed by atoms with Crippen molar-refractivity contribution in [2.75, 3.05) is 6.61 Å². The van der Waals surface area contributed by atoms with Crippen molar-refractivity contribution < 1.29 is 14.4 Å². The zero-order valence-electron chi connectivity index (χ0n) is 12.8. The molecule has 0 aromatic carbocycles. The van der Waals surface area contributed by atoms with E-state index in [0.29, 0.717) is 17.8 Å². The fourth-order valence-corrected chi connectivity index (χ4v) is 2.37. The molecule has 114 valence electrons. The largest absolute Gasteiger partial charge is 0.396 e. The van der Waals surface area contributed by atoms with Crippen molar-refractivity contribution in [3.05, 3.63) is 34.8 Å². The van der Waals surface area contributed by atoms with Crippen molar-refractivity contribution in [2.45, 2.75) is 40.2 Å². The van der Waals surface area contributed by atoms with Gasteiger partial charge in [0, 0.05) is 30.1 Å². The van der Waals surface area contributed by atoms with Crippen LogP contribution in [0.5, 0.6) is 0 Å². The molecule has 1 unspecified atom stereocenters. The zero-order valence-corrected chi connectivity index (χ0v) is 12.8. The van der Waals surface area contributed by atoms with E-state index in [4.69, 9.17) is 9.63 Å². The van der Waals surface area contributed by atoms with Crippen LogP contribution < -0.4 is 5.32 Å². The second kappa shape index (κ2) is 6.13. The molecule has 2 aromatic heterocycles. The third-order valence-electron chi connectivity index (χ3n) is 3.46. The van der Waals surface area contributed by atoms with E-state index in [2.05, 4.69) is 10.5 Å². The number of amides is 1. The van der Waals surface area contributed by atoms with Crippen LogP contribution in [-0.4, -0.2) is 33.4 Å². The lowest BCUT2D eigenvalue weighted by atomic mass is 10.2. The number of aliphatic hydroxyl groups is 1. The third-order valence-corrected chi connectivity index (χ3v) is 3.46. The predicted octanol–water partition coefficient (Wildman–Crippen LogP) is 1.89. The number of rotatable bonds is 5. The minimum absolute atomic E-state index is 0.0543. The molecular weight excluding hydrogens is 270 g/mol. The van der Waals surface area contributed by atoms with Gasteiger partial charge in [-0.15, -0.1) is 0 Å². The van der Waals surface area contributed by atoms with E-state index in [1.165, 1.54) is 0 Å². The number of nitrogens with zero attached hydrogens (tertiary/aromatic N) is 2. The molecule has 1 atom stereocenters. The van der Waals surface area contributed by atoms with E-state index in [9.17, 15) is 4.79 Å². The number of aromatic nitrogens is 2. The standard InChI is InChI=1S/C15H21N3O3/c1-9(5-6-19)16-15(20)13-7-10(2)18(12(13)4)14-8-11(3)21-17-14/h7-9,19H,5-6H2,1-4H3,(H,16,20). The maximum Gasteiger partial charge on any atom is 0.253 e. The van der Waals surface area contributed by atoms with Crippen LogP contribution in [0.1, 0.15) is 40.9 Å². The SMILES string of the molecule is Cc1cc(-n2c(C)cc(C(=O)NC(C)CCO)c2C)no1. The van der Waals surface area contributed by atoms with Crippen LogP contribution in [0.3, 0.4) is 0 Å². The first-order valence-corrected chi connectivity index (χ1v) is 6.98. The molecule has 0 bridgehead atoms. The second-order valence-electron chi connectivity index (χ2n) is 5.30. The fraction of sp³-hybridized carbons (Fsp3) is 0.467. The highest BCUT2D eigenvalue weighted by Crippen LogP contribution is 2.20. The number of nitrogens with one attached hydrogen (secondary N) is 1. The maximum atomic E-state index is 12.3. The molecule has 1 amide bonds. The van der Waals surface area contributed by atoms with Crippen LogP contribution in [0.15, 0.2) is 16.7 Å². The third kappa shape index (κ3) is 3.16. The normalized spacial score (nSPS) is 12.4. The topological polar surface area (TPSA) is 80.3 Å². The highest BCUT2D eigenvalue weighted by Gasteiger charge is 2.19. The average Bonchev–Trinajstić information content (AvgIpc) is 2.93. The van der Waals surface area contributed by atoms with Gasteiger partial charge >= 0.3 is 0 Å². The summed E-state index contributed by atoms with van der Waals surface area (Å²) in [6.45, 7) is 7.55. The first kappa shape index (κ1) is 15.3. The molecule has 2 heterocycles. The van der Waals surface area contributed by atoms with Gasteiger partial charge in [0.05, 0.1) is 5.56 Å². The van der Waals surface area contributed by atoms with Crippen LogP contribution in [0, 0.1) is 20.8 Å². The summed E-state index contributed by atoms with van der Waals surface area (Å²) in [5.74, 6) is 1.25. The Morgan fingerprint density at radius 3 is 2.71 bits per heavy atom. The summed E-state index contributed by atoms with van der Waals surface area (Å²) in [5, 5.41) is 15.8. The Morgan fingerprint density at radius 1 is 1.43 bits per heavy atom. The van der Waals surface area contributed by atoms with E-state index in [1.807, 2.05) is 44.4 Å². The predicted molar refractivity (Wildman–Crippen MR) is 78.7 cm³/mol. The van der Waals surface area contributed by atoms with Crippen molar-refractivity contribution in [1.82, 2.24) is 15.0 Å². The van der Waals surface area contributed by atoms with E-state index >= 15 is 0 Å². The molecule has 0 aliphatic carbocycles. The molecule has 0 saturated carbocycles. The molecule has 0 fully saturated rings. The minimum atomic E-state index is -0.143. The van der Waals surface area contributed by atoms with Gasteiger partial charge in [0.15, 0.2) is 5.82 Å². The molecule has 21 heavy (non-hydrogen) atoms. The van der Waals surface area contributed by atoms with Crippen molar-refractivity contribution in [2.24, 2.45) is 0 Å². The molecule has 6 heteroatoms. The van der Waals surface area contributed by atoms with E-state index in [1.54, 1.807) is 0 Å². The van der Waals surface area contributed by atoms with Gasteiger partial charge in [0.2, 0.25) is 0 Å². The number of aliphatic hydroxyl groups excluding tert-OH is 1. The van der Waals surface area contributed by atoms with Gasteiger partial charge < -0.3 is 14.9 Å². The minimum Gasteiger partial charge on any atom is -0.396 e. The van der Waals surface area contributed by atoms with E-state index < -0.39 is 0 Å². The highest BCUT2D eigenvalue weighted by atomic mass is 16.5. The Labute approximate surface area is 123 Å². The van der Waals surface area contributed by atoms with Crippen LogP contribution in [-0.2, 0) is 0 Å². The summed E-state index contributed by atoms with van der Waals surface area (Å²) in [6.07, 6.45) is 0.535. The van der Waals surface area contributed by atoms with Crippen molar-refractivity contribution in [3.8, 4) is 5.82 Å². The summed E-state index contributed by atoms with van der Waals surface area (Å²) in [6, 6.07) is 3.59. The Bertz CT molecular complexity index is 643. The summed E-state index contributed by atoms with van der Waals surface area (Å²) in [5.41, 5.74) is 2.34. The number of carbonyl (C=O) groups excluding carboxylic acids is 1. The second-order valence-corrected chi connectivity index (χ2v) is 5.30. The van der Waals surface area contributed by atoms with Crippen LogP contribution in [0.2, 0.25) is 0 Å². The number of carbonyl (C=O) groups is 1. The highest BCUT2D eigenvalue weighted by molar-refractivity contribution is 5.96. The Balaban J connectivity index is 2.29. The first-order chi connectivity index (χ1) is 9.93. The van der Waals surface area contributed by atoms with Gasteiger partial charge in [0.1, 0.15) is 5.76 Å². The zero-order chi connectivity index (χ0) is 15.6. The summed E-state index contributed by atoms with van der Waals surface area (Å²) >= 11 is 0. The fourth-order valence-electron chi connectivity index (χ4n) is 2.37. The molecule has 0 aliphatic heterocycles. The van der Waals surface area contributed by atoms with Gasteiger partial charge in [-0.3, -0.25) is 9.36 Å². The molecule has 2 rings (SSSR count). The number of hydrogen-bond acceptors (Lipinski definition) is 4. The molecule has 0 saturated heterocycles. The van der Waals surface area contributed by atoms with E-state index in [-0.39, 0.29) is 18.6 Å². The number of hydrogen-bond donors (Lipinski definition) is 2. The first-order valence-electron chi connectivity index (χ1n) is 6.98. The van der Waals surface area contributed by atoms with Gasteiger partial charge in [-0.1, -0.05) is 5.16 Å². The summed E-state index contributed by atoms with van der Waals surface area (Å²) < 4.78 is 6.99. The van der Waals surface area contributed by atoms with Gasteiger partial charge in [0.25, 0.3) is 5.91 Å². The molecule has 0 aliphatic rings. The maximum absolute atomic E-state index is 12.3. The quantitative estimate of drug-likeness (QED) is 0.881. The molecule has 0 spiro atoms. The van der Waals surface area contributed by atoms with Crippen LogP contribution in [0.25, 0.3) is 5.82 Å². The van der Waals surface area contributed by atoms with Gasteiger partial charge in [-0.2, -0.15) is 0 Å². The number of aryl methyl sites for hydroxylation is 2. The van der Waals surface area contributed by atoms with Crippen molar-refractivity contribution in [1.29, 1.82) is 0 Å². The summed E-state index contributed by atoms with van der Waals surface area (Å²) in [7, 11) is 0. The lowest BCUT2D eigenvalue weighted by Gasteiger charge is -2.12.